The van der Waals surface area contributed by atoms with Gasteiger partial charge in [-0.15, -0.1) is 0 Å². The normalized spacial score (nSPS) is 11.0. The number of nitrogens with one attached hydrogen (secondary N) is 1. The Morgan fingerprint density at radius 2 is 1.96 bits per heavy atom. The molecule has 0 fully saturated rings. The van der Waals surface area contributed by atoms with E-state index in [9.17, 15) is 9.90 Å². The van der Waals surface area contributed by atoms with Gasteiger partial charge in [-0.1, -0.05) is 37.6 Å². The molecule has 2 rings (SSSR count). The monoisotopic (exact) mass is 404 g/mol. The van der Waals surface area contributed by atoms with Gasteiger partial charge in [0.15, 0.2) is 11.5 Å². The van der Waals surface area contributed by atoms with Crippen LogP contribution in [0.4, 0.5) is 0 Å². The minimum absolute atomic E-state index is 0.157. The zero-order chi connectivity index (χ0) is 20.5. The smallest absolute Gasteiger partial charge is 0.244 e. The first-order chi connectivity index (χ1) is 13.4. The fourth-order valence-electron chi connectivity index (χ4n) is 2.33. The molecule has 0 bridgehead atoms. The molecule has 28 heavy (non-hydrogen) atoms. The zero-order valence-electron chi connectivity index (χ0n) is 16.2. The van der Waals surface area contributed by atoms with Crippen LogP contribution in [0.25, 0.3) is 0 Å². The van der Waals surface area contributed by atoms with Crippen LogP contribution in [0.3, 0.4) is 0 Å². The van der Waals surface area contributed by atoms with E-state index in [2.05, 4.69) is 24.4 Å². The number of hydrazone groups is 1. The maximum atomic E-state index is 12.0. The molecule has 0 unspecified atom stereocenters. The van der Waals surface area contributed by atoms with E-state index in [0.29, 0.717) is 41.2 Å². The van der Waals surface area contributed by atoms with Crippen LogP contribution in [-0.4, -0.2) is 30.4 Å². The Kier molecular flexibility index (Phi) is 8.14. The van der Waals surface area contributed by atoms with Crippen molar-refractivity contribution in [3.8, 4) is 17.2 Å². The standard InChI is InChI=1S/C21H25ClN2O4/c1-4-27-19-10-16(9-18(22)21(19)28-13-14(2)3)12-23-24-20(26)11-15-5-7-17(25)8-6-15/h5-10,12,14,25H,4,11,13H2,1-3H3,(H,24,26)/b23-12-. The Balaban J connectivity index is 2.03. The van der Waals surface area contributed by atoms with Gasteiger partial charge in [-0.25, -0.2) is 5.43 Å². The molecular weight excluding hydrogens is 380 g/mol. The number of benzene rings is 2. The third-order valence-corrected chi connectivity index (χ3v) is 3.88. The molecule has 1 amide bonds. The zero-order valence-corrected chi connectivity index (χ0v) is 17.0. The minimum atomic E-state index is -0.269. The third kappa shape index (κ3) is 6.78. The maximum Gasteiger partial charge on any atom is 0.244 e. The molecule has 6 nitrogen and oxygen atoms in total. The number of carbonyl (C=O) groups excluding carboxylic acids is 1. The van der Waals surface area contributed by atoms with E-state index in [-0.39, 0.29) is 18.1 Å². The predicted octanol–water partition coefficient (Wildman–Crippen LogP) is 4.17. The molecule has 0 radical (unpaired) electrons. The van der Waals surface area contributed by atoms with E-state index in [1.165, 1.54) is 18.3 Å². The second-order valence-electron chi connectivity index (χ2n) is 6.60. The lowest BCUT2D eigenvalue weighted by molar-refractivity contribution is -0.120. The van der Waals surface area contributed by atoms with Gasteiger partial charge in [0.1, 0.15) is 5.75 Å². The summed E-state index contributed by atoms with van der Waals surface area (Å²) in [5, 5.41) is 13.7. The second-order valence-corrected chi connectivity index (χ2v) is 7.01. The Labute approximate surface area is 170 Å². The second kappa shape index (κ2) is 10.6. The number of aromatic hydroxyl groups is 1. The Morgan fingerprint density at radius 3 is 2.61 bits per heavy atom. The van der Waals surface area contributed by atoms with Crippen LogP contribution in [0, 0.1) is 5.92 Å². The van der Waals surface area contributed by atoms with E-state index in [1.807, 2.05) is 6.92 Å². The number of hydrogen-bond donors (Lipinski definition) is 2. The number of carbonyl (C=O) groups is 1. The summed E-state index contributed by atoms with van der Waals surface area (Å²) in [7, 11) is 0. The number of amides is 1. The molecule has 0 saturated heterocycles. The van der Waals surface area contributed by atoms with Gasteiger partial charge < -0.3 is 14.6 Å². The van der Waals surface area contributed by atoms with Crippen LogP contribution in [0.2, 0.25) is 5.02 Å². The summed E-state index contributed by atoms with van der Waals surface area (Å²) in [5.74, 6) is 1.29. The average Bonchev–Trinajstić information content (AvgIpc) is 2.63. The van der Waals surface area contributed by atoms with E-state index in [0.717, 1.165) is 5.56 Å². The summed E-state index contributed by atoms with van der Waals surface area (Å²) in [4.78, 5) is 12.0. The molecule has 0 aliphatic carbocycles. The summed E-state index contributed by atoms with van der Waals surface area (Å²) in [6, 6.07) is 9.90. The summed E-state index contributed by atoms with van der Waals surface area (Å²) in [6.45, 7) is 6.98. The summed E-state index contributed by atoms with van der Waals surface area (Å²) in [5.41, 5.74) is 3.93. The maximum absolute atomic E-state index is 12.0. The predicted molar refractivity (Wildman–Crippen MR) is 111 cm³/mol. The van der Waals surface area contributed by atoms with Crippen molar-refractivity contribution in [2.24, 2.45) is 11.0 Å². The van der Waals surface area contributed by atoms with Gasteiger partial charge in [0.25, 0.3) is 0 Å². The van der Waals surface area contributed by atoms with Crippen LogP contribution in [-0.2, 0) is 11.2 Å². The molecule has 150 valence electrons. The van der Waals surface area contributed by atoms with Crippen molar-refractivity contribution in [1.82, 2.24) is 5.43 Å². The molecule has 0 aliphatic heterocycles. The molecule has 0 aromatic heterocycles. The molecule has 0 atom stereocenters. The van der Waals surface area contributed by atoms with Gasteiger partial charge >= 0.3 is 0 Å². The van der Waals surface area contributed by atoms with Crippen LogP contribution in [0.1, 0.15) is 31.9 Å². The van der Waals surface area contributed by atoms with Crippen LogP contribution in [0.5, 0.6) is 17.2 Å². The topological polar surface area (TPSA) is 80.2 Å². The van der Waals surface area contributed by atoms with E-state index < -0.39 is 0 Å². The molecule has 7 heteroatoms. The molecule has 0 aliphatic rings. The van der Waals surface area contributed by atoms with E-state index >= 15 is 0 Å². The fourth-order valence-corrected chi connectivity index (χ4v) is 2.61. The third-order valence-electron chi connectivity index (χ3n) is 3.60. The first-order valence-corrected chi connectivity index (χ1v) is 9.45. The first-order valence-electron chi connectivity index (χ1n) is 9.08. The summed E-state index contributed by atoms with van der Waals surface area (Å²) in [6.07, 6.45) is 1.65. The van der Waals surface area contributed by atoms with E-state index in [4.69, 9.17) is 21.1 Å². The van der Waals surface area contributed by atoms with Gasteiger partial charge in [-0.05, 0) is 48.2 Å². The number of halogens is 1. The molecule has 0 heterocycles. The summed E-state index contributed by atoms with van der Waals surface area (Å²) >= 11 is 6.34. The van der Waals surface area contributed by atoms with E-state index in [1.54, 1.807) is 24.3 Å². The van der Waals surface area contributed by atoms with Crippen molar-refractivity contribution >= 4 is 23.7 Å². The van der Waals surface area contributed by atoms with Crippen molar-refractivity contribution < 1.29 is 19.4 Å². The number of phenols is 1. The number of nitrogens with zero attached hydrogens (tertiary/aromatic N) is 1. The Bertz CT molecular complexity index is 820. The Morgan fingerprint density at radius 1 is 1.25 bits per heavy atom. The highest BCUT2D eigenvalue weighted by Crippen LogP contribution is 2.36. The molecule has 2 aromatic carbocycles. The highest BCUT2D eigenvalue weighted by atomic mass is 35.5. The number of phenolic OH excluding ortho intramolecular Hbond substituents is 1. The van der Waals surface area contributed by atoms with Gasteiger partial charge in [-0.2, -0.15) is 5.10 Å². The highest BCUT2D eigenvalue weighted by molar-refractivity contribution is 6.32. The van der Waals surface area contributed by atoms with Crippen molar-refractivity contribution in [3.05, 3.63) is 52.5 Å². The Hall–Kier alpha value is -2.73. The van der Waals surface area contributed by atoms with Gasteiger partial charge in [0.05, 0.1) is 30.9 Å². The van der Waals surface area contributed by atoms with Gasteiger partial charge in [-0.3, -0.25) is 4.79 Å². The molecule has 2 aromatic rings. The minimum Gasteiger partial charge on any atom is -0.508 e. The largest absolute Gasteiger partial charge is 0.508 e. The highest BCUT2D eigenvalue weighted by Gasteiger charge is 2.13. The van der Waals surface area contributed by atoms with Crippen LogP contribution >= 0.6 is 11.6 Å². The molecular formula is C21H25ClN2O4. The summed E-state index contributed by atoms with van der Waals surface area (Å²) < 4.78 is 11.4. The lowest BCUT2D eigenvalue weighted by atomic mass is 10.1. The quantitative estimate of drug-likeness (QED) is 0.485. The van der Waals surface area contributed by atoms with Crippen molar-refractivity contribution in [2.45, 2.75) is 27.2 Å². The number of hydrogen-bond acceptors (Lipinski definition) is 5. The lowest BCUT2D eigenvalue weighted by Gasteiger charge is -2.15. The molecule has 2 N–H and O–H groups in total. The van der Waals surface area contributed by atoms with Crippen LogP contribution < -0.4 is 14.9 Å². The van der Waals surface area contributed by atoms with Crippen molar-refractivity contribution in [3.63, 3.8) is 0 Å². The number of ether oxygens (including phenoxy) is 2. The van der Waals surface area contributed by atoms with Crippen LogP contribution in [0.15, 0.2) is 41.5 Å². The first kappa shape index (κ1) is 21.6. The van der Waals surface area contributed by atoms with Crippen molar-refractivity contribution in [1.29, 1.82) is 0 Å². The number of rotatable bonds is 9. The molecule has 0 saturated carbocycles. The van der Waals surface area contributed by atoms with Gasteiger partial charge in [0, 0.05) is 0 Å². The SMILES string of the molecule is CCOc1cc(/C=N\NC(=O)Cc2ccc(O)cc2)cc(Cl)c1OCC(C)C. The van der Waals surface area contributed by atoms with Crippen molar-refractivity contribution in [2.75, 3.05) is 13.2 Å². The molecule has 0 spiro atoms. The lowest BCUT2D eigenvalue weighted by Crippen LogP contribution is -2.19. The average molecular weight is 405 g/mol. The fraction of sp³-hybridized carbons (Fsp3) is 0.333. The van der Waals surface area contributed by atoms with Gasteiger partial charge in [0.2, 0.25) is 5.91 Å².